The third kappa shape index (κ3) is 3.95. The number of hydrogen-bond donors (Lipinski definition) is 1. The molecule has 5 heteroatoms. The number of nitrogens with one attached hydrogen (secondary N) is 1. The average molecular weight is 425 g/mol. The van der Waals surface area contributed by atoms with Gasteiger partial charge in [-0.15, -0.1) is 5.92 Å². The molecule has 0 saturated carbocycles. The van der Waals surface area contributed by atoms with E-state index in [2.05, 4.69) is 24.1 Å². The highest BCUT2D eigenvalue weighted by Gasteiger charge is 2.30. The molecular formula is C27H24N2O3. The lowest BCUT2D eigenvalue weighted by Gasteiger charge is -2.22. The summed E-state index contributed by atoms with van der Waals surface area (Å²) >= 11 is 0. The SMILES string of the molecule is CC#CCN1C(=O)c2ccccc2[C@@H](C)c2cc(NC(=O)c3ccc(OC)cc3)ccc21. The van der Waals surface area contributed by atoms with E-state index in [-0.39, 0.29) is 17.7 Å². The molecular weight excluding hydrogens is 400 g/mol. The quantitative estimate of drug-likeness (QED) is 0.594. The van der Waals surface area contributed by atoms with Crippen molar-refractivity contribution in [2.45, 2.75) is 19.8 Å². The molecule has 1 aliphatic rings. The molecule has 1 heterocycles. The van der Waals surface area contributed by atoms with Crippen molar-refractivity contribution in [2.75, 3.05) is 23.9 Å². The number of ether oxygens (including phenoxy) is 1. The molecule has 32 heavy (non-hydrogen) atoms. The number of nitrogens with zero attached hydrogens (tertiary/aromatic N) is 1. The summed E-state index contributed by atoms with van der Waals surface area (Å²) in [6, 6.07) is 20.3. The summed E-state index contributed by atoms with van der Waals surface area (Å²) in [6.07, 6.45) is 0. The lowest BCUT2D eigenvalue weighted by molar-refractivity contribution is 0.0988. The lowest BCUT2D eigenvalue weighted by atomic mass is 9.89. The van der Waals surface area contributed by atoms with Gasteiger partial charge in [0.1, 0.15) is 5.75 Å². The number of benzene rings is 3. The van der Waals surface area contributed by atoms with Crippen LogP contribution in [0, 0.1) is 11.8 Å². The highest BCUT2D eigenvalue weighted by molar-refractivity contribution is 6.09. The Morgan fingerprint density at radius 2 is 1.81 bits per heavy atom. The van der Waals surface area contributed by atoms with Crippen LogP contribution in [0.4, 0.5) is 11.4 Å². The third-order valence-corrected chi connectivity index (χ3v) is 5.71. The zero-order valence-corrected chi connectivity index (χ0v) is 18.3. The molecule has 0 saturated heterocycles. The molecule has 0 radical (unpaired) electrons. The van der Waals surface area contributed by atoms with Crippen LogP contribution in [-0.2, 0) is 0 Å². The Kier molecular flexibility index (Phi) is 5.96. The molecule has 0 aromatic heterocycles. The van der Waals surface area contributed by atoms with Gasteiger partial charge in [0.15, 0.2) is 0 Å². The van der Waals surface area contributed by atoms with Crippen molar-refractivity contribution in [3.05, 3.63) is 89.0 Å². The molecule has 0 spiro atoms. The fourth-order valence-corrected chi connectivity index (χ4v) is 3.98. The van der Waals surface area contributed by atoms with Gasteiger partial charge in [0, 0.05) is 28.4 Å². The van der Waals surface area contributed by atoms with Crippen LogP contribution < -0.4 is 15.0 Å². The molecule has 3 aromatic rings. The molecule has 0 aliphatic carbocycles. The van der Waals surface area contributed by atoms with Gasteiger partial charge in [-0.05, 0) is 66.6 Å². The van der Waals surface area contributed by atoms with Crippen LogP contribution in [0.5, 0.6) is 5.75 Å². The van der Waals surface area contributed by atoms with Crippen molar-refractivity contribution in [2.24, 2.45) is 0 Å². The van der Waals surface area contributed by atoms with Crippen LogP contribution in [0.2, 0.25) is 0 Å². The van der Waals surface area contributed by atoms with Crippen LogP contribution >= 0.6 is 0 Å². The Morgan fingerprint density at radius 1 is 1.06 bits per heavy atom. The summed E-state index contributed by atoms with van der Waals surface area (Å²) in [5.74, 6) is 6.28. The number of amides is 2. The zero-order valence-electron chi connectivity index (χ0n) is 18.3. The van der Waals surface area contributed by atoms with E-state index in [9.17, 15) is 9.59 Å². The van der Waals surface area contributed by atoms with E-state index in [1.54, 1.807) is 43.2 Å². The van der Waals surface area contributed by atoms with Crippen LogP contribution in [-0.4, -0.2) is 25.5 Å². The molecule has 2 amide bonds. The van der Waals surface area contributed by atoms with Crippen molar-refractivity contribution in [3.63, 3.8) is 0 Å². The van der Waals surface area contributed by atoms with E-state index < -0.39 is 0 Å². The van der Waals surface area contributed by atoms with E-state index in [4.69, 9.17) is 4.74 Å². The Hall–Kier alpha value is -4.04. The van der Waals surface area contributed by atoms with Crippen molar-refractivity contribution >= 4 is 23.2 Å². The van der Waals surface area contributed by atoms with E-state index in [1.807, 2.05) is 42.5 Å². The Balaban J connectivity index is 1.72. The highest BCUT2D eigenvalue weighted by atomic mass is 16.5. The topological polar surface area (TPSA) is 58.6 Å². The zero-order chi connectivity index (χ0) is 22.7. The molecule has 160 valence electrons. The molecule has 5 nitrogen and oxygen atoms in total. The number of anilines is 2. The van der Waals surface area contributed by atoms with Gasteiger partial charge in [-0.25, -0.2) is 0 Å². The van der Waals surface area contributed by atoms with Crippen molar-refractivity contribution in [1.82, 2.24) is 0 Å². The minimum Gasteiger partial charge on any atom is -0.497 e. The summed E-state index contributed by atoms with van der Waals surface area (Å²) in [7, 11) is 1.59. The fourth-order valence-electron chi connectivity index (χ4n) is 3.98. The summed E-state index contributed by atoms with van der Waals surface area (Å²) in [4.78, 5) is 27.8. The Morgan fingerprint density at radius 3 is 2.53 bits per heavy atom. The summed E-state index contributed by atoms with van der Waals surface area (Å²) < 4.78 is 5.15. The number of rotatable bonds is 4. The first-order valence-electron chi connectivity index (χ1n) is 10.4. The first-order valence-corrected chi connectivity index (χ1v) is 10.4. The number of carbonyl (C=O) groups excluding carboxylic acids is 2. The largest absolute Gasteiger partial charge is 0.497 e. The van der Waals surface area contributed by atoms with Crippen LogP contribution in [0.25, 0.3) is 0 Å². The third-order valence-electron chi connectivity index (χ3n) is 5.71. The maximum absolute atomic E-state index is 13.3. The average Bonchev–Trinajstić information content (AvgIpc) is 2.91. The predicted molar refractivity (Wildman–Crippen MR) is 126 cm³/mol. The van der Waals surface area contributed by atoms with Crippen LogP contribution in [0.15, 0.2) is 66.7 Å². The number of hydrogen-bond acceptors (Lipinski definition) is 3. The van der Waals surface area contributed by atoms with Crippen molar-refractivity contribution in [1.29, 1.82) is 0 Å². The molecule has 0 bridgehead atoms. The second kappa shape index (κ2) is 8.99. The summed E-state index contributed by atoms with van der Waals surface area (Å²) in [5.41, 5.74) is 4.62. The van der Waals surface area contributed by atoms with Crippen LogP contribution in [0.3, 0.4) is 0 Å². The lowest BCUT2D eigenvalue weighted by Crippen LogP contribution is -2.31. The summed E-state index contributed by atoms with van der Waals surface area (Å²) in [6.45, 7) is 4.15. The number of carbonyl (C=O) groups is 2. The molecule has 1 aliphatic heterocycles. The van der Waals surface area contributed by atoms with E-state index in [0.29, 0.717) is 29.1 Å². The smallest absolute Gasteiger partial charge is 0.259 e. The minimum atomic E-state index is -0.209. The van der Waals surface area contributed by atoms with Gasteiger partial charge < -0.3 is 10.1 Å². The second-order valence-corrected chi connectivity index (χ2v) is 7.58. The molecule has 1 N–H and O–H groups in total. The molecule has 4 rings (SSSR count). The monoisotopic (exact) mass is 424 g/mol. The first-order chi connectivity index (χ1) is 15.5. The van der Waals surface area contributed by atoms with Crippen LogP contribution in [0.1, 0.15) is 51.6 Å². The molecule has 1 atom stereocenters. The summed E-state index contributed by atoms with van der Waals surface area (Å²) in [5, 5.41) is 2.97. The maximum atomic E-state index is 13.3. The van der Waals surface area contributed by atoms with E-state index in [1.165, 1.54) is 0 Å². The molecule has 0 fully saturated rings. The normalized spacial score (nSPS) is 14.4. The number of fused-ring (bicyclic) bond motifs is 2. The second-order valence-electron chi connectivity index (χ2n) is 7.58. The standard InChI is InChI=1S/C27H24N2O3/c1-4-5-16-29-25-15-12-20(28-26(30)19-10-13-21(32-3)14-11-19)17-24(25)18(2)22-8-6-7-9-23(22)27(29)31/h6-15,17-18H,16H2,1-3H3,(H,28,30)/t18-/m1/s1. The van der Waals surface area contributed by atoms with Gasteiger partial charge in [-0.2, -0.15) is 0 Å². The van der Waals surface area contributed by atoms with Gasteiger partial charge >= 0.3 is 0 Å². The van der Waals surface area contributed by atoms with Gasteiger partial charge in [0.05, 0.1) is 13.7 Å². The van der Waals surface area contributed by atoms with Gasteiger partial charge in [-0.3, -0.25) is 14.5 Å². The van der Waals surface area contributed by atoms with Gasteiger partial charge in [0.25, 0.3) is 11.8 Å². The van der Waals surface area contributed by atoms with Gasteiger partial charge in [-0.1, -0.05) is 31.0 Å². The molecule has 3 aromatic carbocycles. The van der Waals surface area contributed by atoms with Gasteiger partial charge in [0.2, 0.25) is 0 Å². The highest BCUT2D eigenvalue weighted by Crippen LogP contribution is 2.39. The fraction of sp³-hybridized carbons (Fsp3) is 0.185. The minimum absolute atomic E-state index is 0.0254. The van der Waals surface area contributed by atoms with E-state index in [0.717, 1.165) is 16.8 Å². The Bertz CT molecular complexity index is 1240. The van der Waals surface area contributed by atoms with E-state index >= 15 is 0 Å². The van der Waals surface area contributed by atoms with Crippen molar-refractivity contribution < 1.29 is 14.3 Å². The first kappa shape index (κ1) is 21.2. The molecule has 0 unspecified atom stereocenters. The Labute approximate surface area is 188 Å². The van der Waals surface area contributed by atoms with Crippen molar-refractivity contribution in [3.8, 4) is 17.6 Å². The maximum Gasteiger partial charge on any atom is 0.259 e. The predicted octanol–water partition coefficient (Wildman–Crippen LogP) is 5.08. The number of methoxy groups -OCH3 is 1.